The first-order chi connectivity index (χ1) is 14.7. The molecular formula is C24H34Cl2N4O3. The molecule has 2 aliphatic heterocycles. The Kier molecular flexibility index (Phi) is 8.49. The van der Waals surface area contributed by atoms with E-state index < -0.39 is 11.4 Å². The average molecular weight is 497 g/mol. The Morgan fingerprint density at radius 1 is 1.12 bits per heavy atom. The number of ether oxygens (including phenoxy) is 1. The predicted molar refractivity (Wildman–Crippen MR) is 136 cm³/mol. The number of carboxylic acid groups (broad SMARTS) is 1. The number of aliphatic imine (C=N–C) groups is 1. The van der Waals surface area contributed by atoms with Crippen LogP contribution < -0.4 is 4.74 Å². The molecule has 0 bridgehead atoms. The Bertz CT molecular complexity index is 1040. The first kappa shape index (κ1) is 27.0. The average Bonchev–Trinajstić information content (AvgIpc) is 2.92. The van der Waals surface area contributed by atoms with Crippen LogP contribution in [-0.4, -0.2) is 71.1 Å². The number of fused-ring (bicyclic) bond motifs is 2. The van der Waals surface area contributed by atoms with Crippen LogP contribution in [0.15, 0.2) is 29.3 Å². The quantitative estimate of drug-likeness (QED) is 0.688. The highest BCUT2D eigenvalue weighted by atomic mass is 35.5. The van der Waals surface area contributed by atoms with E-state index >= 15 is 0 Å². The molecule has 3 heterocycles. The van der Waals surface area contributed by atoms with Crippen molar-refractivity contribution >= 4 is 42.3 Å². The van der Waals surface area contributed by atoms with E-state index in [1.54, 1.807) is 21.0 Å². The SMILES string of the molecule is COc1cc(C)n2c1C(N1CCN(CC(C)(C)C(=O)O)CC1)=Nc1ccc(C)cc1C2.Cl.Cl. The first-order valence-electron chi connectivity index (χ1n) is 10.8. The van der Waals surface area contributed by atoms with Crippen molar-refractivity contribution in [1.82, 2.24) is 14.4 Å². The number of benzene rings is 1. The molecule has 1 fully saturated rings. The minimum absolute atomic E-state index is 0. The largest absolute Gasteiger partial charge is 0.494 e. The summed E-state index contributed by atoms with van der Waals surface area (Å²) in [5, 5.41) is 9.47. The van der Waals surface area contributed by atoms with E-state index in [1.807, 2.05) is 0 Å². The molecule has 1 aromatic carbocycles. The van der Waals surface area contributed by atoms with Gasteiger partial charge < -0.3 is 19.3 Å². The molecule has 0 aliphatic carbocycles. The topological polar surface area (TPSA) is 70.3 Å². The zero-order valence-corrected chi connectivity index (χ0v) is 21.6. The second kappa shape index (κ2) is 10.4. The lowest BCUT2D eigenvalue weighted by molar-refractivity contribution is -0.148. The number of piperazine rings is 1. The van der Waals surface area contributed by atoms with Gasteiger partial charge in [-0.05, 0) is 39.3 Å². The molecule has 9 heteroatoms. The van der Waals surface area contributed by atoms with Crippen molar-refractivity contribution in [2.45, 2.75) is 34.2 Å². The zero-order chi connectivity index (χ0) is 22.3. The number of aliphatic carboxylic acids is 1. The fourth-order valence-corrected chi connectivity index (χ4v) is 4.49. The van der Waals surface area contributed by atoms with Gasteiger partial charge in [0.15, 0.2) is 5.84 Å². The third kappa shape index (κ3) is 5.31. The maximum Gasteiger partial charge on any atom is 0.310 e. The van der Waals surface area contributed by atoms with E-state index in [4.69, 9.17) is 9.73 Å². The van der Waals surface area contributed by atoms with E-state index in [9.17, 15) is 9.90 Å². The van der Waals surface area contributed by atoms with Gasteiger partial charge in [0, 0.05) is 44.5 Å². The van der Waals surface area contributed by atoms with Crippen LogP contribution in [0.3, 0.4) is 0 Å². The smallest absolute Gasteiger partial charge is 0.310 e. The molecule has 2 aliphatic rings. The molecule has 1 saturated heterocycles. The number of carbonyl (C=O) groups is 1. The highest BCUT2D eigenvalue weighted by Crippen LogP contribution is 2.34. The number of halogens is 2. The molecule has 2 aromatic rings. The molecule has 0 spiro atoms. The van der Waals surface area contributed by atoms with Gasteiger partial charge in [0.1, 0.15) is 11.4 Å². The van der Waals surface area contributed by atoms with E-state index in [-0.39, 0.29) is 24.8 Å². The number of carboxylic acids is 1. The van der Waals surface area contributed by atoms with Gasteiger partial charge in [0.25, 0.3) is 0 Å². The van der Waals surface area contributed by atoms with Gasteiger partial charge in [-0.1, -0.05) is 17.7 Å². The van der Waals surface area contributed by atoms with Crippen molar-refractivity contribution in [2.75, 3.05) is 39.8 Å². The monoisotopic (exact) mass is 496 g/mol. The molecule has 33 heavy (non-hydrogen) atoms. The van der Waals surface area contributed by atoms with Crippen LogP contribution in [0.25, 0.3) is 0 Å². The van der Waals surface area contributed by atoms with E-state index in [1.165, 1.54) is 11.1 Å². The number of aryl methyl sites for hydroxylation is 2. The van der Waals surface area contributed by atoms with Crippen LogP contribution in [0.2, 0.25) is 0 Å². The lowest BCUT2D eigenvalue weighted by Gasteiger charge is -2.39. The maximum absolute atomic E-state index is 11.5. The number of rotatable bonds is 4. The molecule has 1 N–H and O–H groups in total. The molecule has 0 amide bonds. The van der Waals surface area contributed by atoms with Crippen LogP contribution in [-0.2, 0) is 11.3 Å². The summed E-state index contributed by atoms with van der Waals surface area (Å²) < 4.78 is 8.04. The zero-order valence-electron chi connectivity index (χ0n) is 19.9. The summed E-state index contributed by atoms with van der Waals surface area (Å²) in [6.45, 7) is 12.3. The number of hydrogen-bond donors (Lipinski definition) is 1. The molecule has 0 atom stereocenters. The Hall–Kier alpha value is -2.22. The lowest BCUT2D eigenvalue weighted by atomic mass is 9.93. The maximum atomic E-state index is 11.5. The molecule has 7 nitrogen and oxygen atoms in total. The molecule has 0 radical (unpaired) electrons. The summed E-state index contributed by atoms with van der Waals surface area (Å²) in [6, 6.07) is 8.50. The second-order valence-corrected chi connectivity index (χ2v) is 9.31. The number of amidine groups is 1. The summed E-state index contributed by atoms with van der Waals surface area (Å²) in [7, 11) is 1.71. The van der Waals surface area contributed by atoms with Crippen molar-refractivity contribution in [3.05, 3.63) is 46.8 Å². The number of hydrogen-bond acceptors (Lipinski definition) is 5. The van der Waals surface area contributed by atoms with Crippen LogP contribution in [0, 0.1) is 19.3 Å². The summed E-state index contributed by atoms with van der Waals surface area (Å²) in [6.07, 6.45) is 0. The third-order valence-corrected chi connectivity index (χ3v) is 6.36. The van der Waals surface area contributed by atoms with Crippen molar-refractivity contribution in [1.29, 1.82) is 0 Å². The Balaban J connectivity index is 0.00000193. The second-order valence-electron chi connectivity index (χ2n) is 9.31. The Labute approximate surface area is 208 Å². The van der Waals surface area contributed by atoms with Crippen molar-refractivity contribution in [2.24, 2.45) is 10.4 Å². The summed E-state index contributed by atoms with van der Waals surface area (Å²) in [5.74, 6) is 1.02. The van der Waals surface area contributed by atoms with Crippen LogP contribution in [0.4, 0.5) is 5.69 Å². The molecule has 4 rings (SSSR count). The first-order valence-corrected chi connectivity index (χ1v) is 10.8. The highest BCUT2D eigenvalue weighted by Gasteiger charge is 2.33. The normalized spacial score (nSPS) is 15.9. The number of aromatic nitrogens is 1. The Morgan fingerprint density at radius 3 is 2.39 bits per heavy atom. The predicted octanol–water partition coefficient (Wildman–Crippen LogP) is 4.13. The van der Waals surface area contributed by atoms with Gasteiger partial charge in [-0.25, -0.2) is 4.99 Å². The standard InChI is InChI=1S/C24H32N4O3.2ClH/c1-16-6-7-19-18(12-16)14-28-17(2)13-20(31-5)21(28)22(25-19)27-10-8-26(9-11-27)15-24(3,4)23(29)30;;/h6-7,12-13H,8-11,14-15H2,1-5H3,(H,29,30);2*1H. The molecule has 0 unspecified atom stereocenters. The fraction of sp³-hybridized carbons (Fsp3) is 0.500. The van der Waals surface area contributed by atoms with Crippen molar-refractivity contribution in [3.8, 4) is 5.75 Å². The number of methoxy groups -OCH3 is 1. The Morgan fingerprint density at radius 2 is 1.79 bits per heavy atom. The van der Waals surface area contributed by atoms with Crippen LogP contribution in [0.5, 0.6) is 5.75 Å². The van der Waals surface area contributed by atoms with Crippen molar-refractivity contribution in [3.63, 3.8) is 0 Å². The summed E-state index contributed by atoms with van der Waals surface area (Å²) >= 11 is 0. The fourth-order valence-electron chi connectivity index (χ4n) is 4.49. The van der Waals surface area contributed by atoms with Gasteiger partial charge in [-0.15, -0.1) is 24.8 Å². The minimum atomic E-state index is -0.756. The molecule has 1 aromatic heterocycles. The minimum Gasteiger partial charge on any atom is -0.494 e. The van der Waals surface area contributed by atoms with Gasteiger partial charge in [0.05, 0.1) is 24.8 Å². The van der Waals surface area contributed by atoms with Crippen LogP contribution >= 0.6 is 24.8 Å². The van der Waals surface area contributed by atoms with Crippen molar-refractivity contribution < 1.29 is 14.6 Å². The van der Waals surface area contributed by atoms with E-state index in [0.29, 0.717) is 6.54 Å². The van der Waals surface area contributed by atoms with E-state index in [0.717, 1.165) is 61.4 Å². The van der Waals surface area contributed by atoms with Gasteiger partial charge >= 0.3 is 5.97 Å². The van der Waals surface area contributed by atoms with Gasteiger partial charge in [-0.3, -0.25) is 9.69 Å². The molecular weight excluding hydrogens is 463 g/mol. The molecule has 0 saturated carbocycles. The van der Waals surface area contributed by atoms with Crippen LogP contribution in [0.1, 0.15) is 36.4 Å². The van der Waals surface area contributed by atoms with E-state index in [2.05, 4.69) is 52.5 Å². The lowest BCUT2D eigenvalue weighted by Crippen LogP contribution is -2.52. The number of nitrogens with zero attached hydrogens (tertiary/aromatic N) is 4. The summed E-state index contributed by atoms with van der Waals surface area (Å²) in [4.78, 5) is 21.2. The molecule has 182 valence electrons. The van der Waals surface area contributed by atoms with Gasteiger partial charge in [-0.2, -0.15) is 0 Å². The van der Waals surface area contributed by atoms with Gasteiger partial charge in [0.2, 0.25) is 0 Å². The highest BCUT2D eigenvalue weighted by molar-refractivity contribution is 6.02. The third-order valence-electron chi connectivity index (χ3n) is 6.36. The summed E-state index contributed by atoms with van der Waals surface area (Å²) in [5.41, 5.74) is 4.85.